The zero-order valence-corrected chi connectivity index (χ0v) is 19.5. The van der Waals surface area contributed by atoms with Gasteiger partial charge in [0.25, 0.3) is 5.56 Å². The van der Waals surface area contributed by atoms with E-state index >= 15 is 0 Å². The summed E-state index contributed by atoms with van der Waals surface area (Å²) in [6.07, 6.45) is 1.73. The van der Waals surface area contributed by atoms with Gasteiger partial charge < -0.3 is 14.2 Å². The first-order valence-electron chi connectivity index (χ1n) is 10.3. The molecule has 0 unspecified atom stereocenters. The van der Waals surface area contributed by atoms with Gasteiger partial charge in [-0.1, -0.05) is 31.3 Å². The van der Waals surface area contributed by atoms with Crippen LogP contribution >= 0.6 is 11.3 Å². The molecule has 0 aliphatic rings. The molecular weight excluding hydrogens is 442 g/mol. The number of fused-ring (bicyclic) bond motifs is 1. The van der Waals surface area contributed by atoms with E-state index in [1.165, 1.54) is 29.9 Å². The summed E-state index contributed by atoms with van der Waals surface area (Å²) in [5.74, 6) is 1.98. The Morgan fingerprint density at radius 3 is 2.55 bits per heavy atom. The van der Waals surface area contributed by atoms with Gasteiger partial charge in [0.15, 0.2) is 17.3 Å². The molecule has 2 aromatic heterocycles. The minimum Gasteiger partial charge on any atom is -0.493 e. The van der Waals surface area contributed by atoms with Crippen molar-refractivity contribution in [2.24, 2.45) is 5.92 Å². The predicted molar refractivity (Wildman–Crippen MR) is 126 cm³/mol. The first-order valence-corrected chi connectivity index (χ1v) is 11.2. The summed E-state index contributed by atoms with van der Waals surface area (Å²) in [6, 6.07) is 12.6. The Hall–Kier alpha value is -3.72. The first-order chi connectivity index (χ1) is 15.8. The minimum atomic E-state index is -0.439. The van der Waals surface area contributed by atoms with Crippen LogP contribution in [0.1, 0.15) is 26.3 Å². The van der Waals surface area contributed by atoms with Gasteiger partial charge in [-0.15, -0.1) is 5.10 Å². The molecule has 2 aromatic carbocycles. The fourth-order valence-electron chi connectivity index (χ4n) is 3.08. The molecule has 0 aliphatic carbocycles. The molecule has 0 bridgehead atoms. The second-order valence-electron chi connectivity index (χ2n) is 7.78. The lowest BCUT2D eigenvalue weighted by molar-refractivity contribution is -0.132. The standard InChI is InChI=1S/C24H23N3O5S/c1-14(2)13-31-18-8-6-17(7-9-18)22-25-24-27(26-22)23(29)21(33-24)12-16-5-10-19(32-15(3)28)20(11-16)30-4/h5-12,14H,13H2,1-4H3/b21-12+. The second kappa shape index (κ2) is 9.41. The molecule has 0 spiro atoms. The SMILES string of the molecule is COc1cc(/C=c2/sc3nc(-c4ccc(OCC(C)C)cc4)nn3c2=O)ccc1OC(C)=O. The van der Waals surface area contributed by atoms with Crippen molar-refractivity contribution in [1.29, 1.82) is 0 Å². The van der Waals surface area contributed by atoms with Crippen molar-refractivity contribution in [3.05, 3.63) is 62.9 Å². The van der Waals surface area contributed by atoms with Crippen LogP contribution in [0.4, 0.5) is 0 Å². The molecule has 4 rings (SSSR count). The summed E-state index contributed by atoms with van der Waals surface area (Å²) in [7, 11) is 1.48. The normalized spacial score (nSPS) is 11.8. The van der Waals surface area contributed by atoms with Crippen LogP contribution in [0.15, 0.2) is 47.3 Å². The van der Waals surface area contributed by atoms with Gasteiger partial charge in [0.1, 0.15) is 5.75 Å². The summed E-state index contributed by atoms with van der Waals surface area (Å²) >= 11 is 1.25. The van der Waals surface area contributed by atoms with Crippen molar-refractivity contribution in [2.45, 2.75) is 20.8 Å². The number of esters is 1. The van der Waals surface area contributed by atoms with E-state index in [1.807, 2.05) is 24.3 Å². The molecule has 4 aromatic rings. The second-order valence-corrected chi connectivity index (χ2v) is 8.79. The van der Waals surface area contributed by atoms with E-state index < -0.39 is 5.97 Å². The smallest absolute Gasteiger partial charge is 0.308 e. The van der Waals surface area contributed by atoms with Crippen LogP contribution in [0.5, 0.6) is 17.2 Å². The number of carbonyl (C=O) groups excluding carboxylic acids is 1. The van der Waals surface area contributed by atoms with Gasteiger partial charge in [-0.25, -0.2) is 0 Å². The molecule has 170 valence electrons. The molecular formula is C24H23N3O5S. The number of hydrogen-bond acceptors (Lipinski definition) is 8. The third kappa shape index (κ3) is 5.04. The summed E-state index contributed by atoms with van der Waals surface area (Å²) in [5.41, 5.74) is 1.27. The van der Waals surface area contributed by atoms with Gasteiger partial charge in [0.05, 0.1) is 18.2 Å². The van der Waals surface area contributed by atoms with Gasteiger partial charge in [0.2, 0.25) is 4.96 Å². The van der Waals surface area contributed by atoms with E-state index in [9.17, 15) is 9.59 Å². The van der Waals surface area contributed by atoms with Gasteiger partial charge in [0, 0.05) is 12.5 Å². The lowest BCUT2D eigenvalue weighted by atomic mass is 10.2. The zero-order chi connectivity index (χ0) is 23.5. The van der Waals surface area contributed by atoms with E-state index in [4.69, 9.17) is 14.2 Å². The lowest BCUT2D eigenvalue weighted by Crippen LogP contribution is -2.23. The molecule has 9 heteroatoms. The monoisotopic (exact) mass is 465 g/mol. The molecule has 33 heavy (non-hydrogen) atoms. The van der Waals surface area contributed by atoms with Crippen molar-refractivity contribution in [1.82, 2.24) is 14.6 Å². The number of nitrogens with zero attached hydrogens (tertiary/aromatic N) is 3. The van der Waals surface area contributed by atoms with Crippen LogP contribution in [0.25, 0.3) is 22.4 Å². The van der Waals surface area contributed by atoms with Crippen molar-refractivity contribution in [3.8, 4) is 28.6 Å². The third-order valence-electron chi connectivity index (χ3n) is 4.62. The topological polar surface area (TPSA) is 92.0 Å². The van der Waals surface area contributed by atoms with Crippen LogP contribution in [-0.2, 0) is 4.79 Å². The highest BCUT2D eigenvalue weighted by Crippen LogP contribution is 2.28. The number of carbonyl (C=O) groups is 1. The minimum absolute atomic E-state index is 0.256. The van der Waals surface area contributed by atoms with Crippen molar-refractivity contribution < 1.29 is 19.0 Å². The first kappa shape index (κ1) is 22.5. The van der Waals surface area contributed by atoms with Crippen LogP contribution in [-0.4, -0.2) is 34.3 Å². The van der Waals surface area contributed by atoms with E-state index in [0.717, 1.165) is 16.9 Å². The van der Waals surface area contributed by atoms with Crippen LogP contribution in [0.2, 0.25) is 0 Å². The highest BCUT2D eigenvalue weighted by Gasteiger charge is 2.13. The molecule has 0 N–H and O–H groups in total. The molecule has 0 fully saturated rings. The third-order valence-corrected chi connectivity index (χ3v) is 5.58. The molecule has 0 amide bonds. The lowest BCUT2D eigenvalue weighted by Gasteiger charge is -2.08. The van der Waals surface area contributed by atoms with Gasteiger partial charge in [-0.2, -0.15) is 9.50 Å². The number of rotatable bonds is 7. The number of thiazole rings is 1. The Bertz CT molecular complexity index is 1410. The zero-order valence-electron chi connectivity index (χ0n) is 18.7. The highest BCUT2D eigenvalue weighted by molar-refractivity contribution is 7.15. The summed E-state index contributed by atoms with van der Waals surface area (Å²) in [4.78, 5) is 29.1. The Morgan fingerprint density at radius 1 is 1.15 bits per heavy atom. The molecule has 0 radical (unpaired) electrons. The van der Waals surface area contributed by atoms with Crippen LogP contribution in [0, 0.1) is 5.92 Å². The Balaban J connectivity index is 1.61. The van der Waals surface area contributed by atoms with Crippen LogP contribution in [0.3, 0.4) is 0 Å². The predicted octanol–water partition coefficient (Wildman–Crippen LogP) is 3.33. The number of aromatic nitrogens is 3. The summed E-state index contributed by atoms with van der Waals surface area (Å²) in [5, 5.41) is 4.39. The molecule has 8 nitrogen and oxygen atoms in total. The molecule has 0 saturated heterocycles. The Kier molecular flexibility index (Phi) is 6.41. The van der Waals surface area contributed by atoms with Crippen molar-refractivity contribution >= 4 is 28.3 Å². The molecule has 0 saturated carbocycles. The maximum atomic E-state index is 12.9. The average molecular weight is 466 g/mol. The summed E-state index contributed by atoms with van der Waals surface area (Å²) in [6.45, 7) is 6.16. The van der Waals surface area contributed by atoms with E-state index in [2.05, 4.69) is 23.9 Å². The fraction of sp³-hybridized carbons (Fsp3) is 0.250. The molecule has 0 aliphatic heterocycles. The quantitative estimate of drug-likeness (QED) is 0.305. The Labute approximate surface area is 194 Å². The van der Waals surface area contributed by atoms with Gasteiger partial charge in [-0.05, 0) is 54.0 Å². The molecule has 0 atom stereocenters. The summed E-state index contributed by atoms with van der Waals surface area (Å²) < 4.78 is 17.9. The van der Waals surface area contributed by atoms with Gasteiger partial charge in [-0.3, -0.25) is 9.59 Å². The number of benzene rings is 2. The Morgan fingerprint density at radius 2 is 1.91 bits per heavy atom. The van der Waals surface area contributed by atoms with Gasteiger partial charge >= 0.3 is 5.97 Å². The maximum Gasteiger partial charge on any atom is 0.308 e. The van der Waals surface area contributed by atoms with E-state index in [-0.39, 0.29) is 5.56 Å². The fourth-order valence-corrected chi connectivity index (χ4v) is 3.99. The van der Waals surface area contributed by atoms with Crippen molar-refractivity contribution in [3.63, 3.8) is 0 Å². The average Bonchev–Trinajstić information content (AvgIpc) is 3.32. The molecule has 2 heterocycles. The number of hydrogen-bond donors (Lipinski definition) is 0. The van der Waals surface area contributed by atoms with E-state index in [0.29, 0.717) is 39.3 Å². The van der Waals surface area contributed by atoms with Crippen molar-refractivity contribution in [2.75, 3.05) is 13.7 Å². The highest BCUT2D eigenvalue weighted by atomic mass is 32.1. The maximum absolute atomic E-state index is 12.9. The largest absolute Gasteiger partial charge is 0.493 e. The number of methoxy groups -OCH3 is 1. The van der Waals surface area contributed by atoms with E-state index in [1.54, 1.807) is 24.3 Å². The van der Waals surface area contributed by atoms with Crippen LogP contribution < -0.4 is 24.3 Å². The number of ether oxygens (including phenoxy) is 3.